The molecule has 122 valence electrons. The van der Waals surface area contributed by atoms with Crippen molar-refractivity contribution in [2.24, 2.45) is 28.1 Å². The van der Waals surface area contributed by atoms with Crippen LogP contribution in [0, 0.1) is 28.1 Å². The zero-order valence-electron chi connectivity index (χ0n) is 14.3. The summed E-state index contributed by atoms with van der Waals surface area (Å²) in [6.07, 6.45) is 12.1. The fourth-order valence-electron chi connectivity index (χ4n) is 5.94. The number of hydrogen-bond acceptors (Lipinski definition) is 1. The van der Waals surface area contributed by atoms with Crippen LogP contribution >= 0.6 is 0 Å². The van der Waals surface area contributed by atoms with E-state index < -0.39 is 11.4 Å². The Morgan fingerprint density at radius 3 is 2.64 bits per heavy atom. The first-order valence-corrected chi connectivity index (χ1v) is 8.84. The van der Waals surface area contributed by atoms with E-state index in [0.29, 0.717) is 11.8 Å². The highest BCUT2D eigenvalue weighted by molar-refractivity contribution is 5.75. The van der Waals surface area contributed by atoms with E-state index in [1.54, 1.807) is 5.57 Å². The van der Waals surface area contributed by atoms with Gasteiger partial charge in [0, 0.05) is 5.41 Å². The lowest BCUT2D eigenvalue weighted by Gasteiger charge is -2.59. The van der Waals surface area contributed by atoms with Crippen molar-refractivity contribution in [3.63, 3.8) is 0 Å². The number of allylic oxidation sites excluding steroid dienone is 3. The Morgan fingerprint density at radius 2 is 2.00 bits per heavy atom. The summed E-state index contributed by atoms with van der Waals surface area (Å²) >= 11 is 0. The van der Waals surface area contributed by atoms with E-state index in [1.807, 2.05) is 6.92 Å². The van der Waals surface area contributed by atoms with E-state index in [4.69, 9.17) is 0 Å². The number of hydrogen-bond donors (Lipinski definition) is 1. The summed E-state index contributed by atoms with van der Waals surface area (Å²) in [4.78, 5) is 12.0. The Bertz CT molecular complexity index is 534. The van der Waals surface area contributed by atoms with Crippen LogP contribution in [0.15, 0.2) is 24.3 Å². The molecule has 0 spiro atoms. The zero-order chi connectivity index (χ0) is 16.2. The first-order chi connectivity index (χ1) is 10.3. The normalized spacial score (nSPS) is 47.9. The average molecular weight is 302 g/mol. The van der Waals surface area contributed by atoms with Gasteiger partial charge in [-0.1, -0.05) is 38.0 Å². The fraction of sp³-hybridized carbons (Fsp3) is 0.750. The molecular weight excluding hydrogens is 272 g/mol. The molecule has 3 rings (SSSR count). The van der Waals surface area contributed by atoms with Crippen molar-refractivity contribution in [1.82, 2.24) is 0 Å². The van der Waals surface area contributed by atoms with Crippen molar-refractivity contribution in [3.05, 3.63) is 24.3 Å². The molecule has 0 aliphatic heterocycles. The Balaban J connectivity index is 1.99. The Kier molecular flexibility index (Phi) is 3.58. The predicted molar refractivity (Wildman–Crippen MR) is 89.5 cm³/mol. The number of aliphatic carboxylic acids is 1. The van der Waals surface area contributed by atoms with Gasteiger partial charge in [-0.05, 0) is 62.7 Å². The van der Waals surface area contributed by atoms with Crippen molar-refractivity contribution in [2.75, 3.05) is 0 Å². The Morgan fingerprint density at radius 1 is 1.27 bits per heavy atom. The lowest BCUT2D eigenvalue weighted by Crippen LogP contribution is -2.54. The highest BCUT2D eigenvalue weighted by Crippen LogP contribution is 2.63. The van der Waals surface area contributed by atoms with Crippen molar-refractivity contribution < 1.29 is 9.90 Å². The summed E-state index contributed by atoms with van der Waals surface area (Å²) in [7, 11) is 0. The summed E-state index contributed by atoms with van der Waals surface area (Å²) in [6.45, 7) is 10.7. The third-order valence-electron chi connectivity index (χ3n) is 7.38. The van der Waals surface area contributed by atoms with Gasteiger partial charge in [-0.25, -0.2) is 0 Å². The molecule has 0 radical (unpaired) electrons. The Labute approximate surface area is 134 Å². The summed E-state index contributed by atoms with van der Waals surface area (Å²) in [5, 5.41) is 9.84. The smallest absolute Gasteiger partial charge is 0.309 e. The van der Waals surface area contributed by atoms with Gasteiger partial charge in [-0.3, -0.25) is 4.79 Å². The molecule has 2 heteroatoms. The van der Waals surface area contributed by atoms with Crippen LogP contribution < -0.4 is 0 Å². The number of fused-ring (bicyclic) bond motifs is 3. The van der Waals surface area contributed by atoms with Gasteiger partial charge in [0.1, 0.15) is 0 Å². The van der Waals surface area contributed by atoms with Crippen LogP contribution in [-0.2, 0) is 4.79 Å². The molecule has 5 atom stereocenters. The first-order valence-electron chi connectivity index (χ1n) is 8.84. The van der Waals surface area contributed by atoms with Crippen molar-refractivity contribution in [2.45, 2.75) is 65.7 Å². The lowest BCUT2D eigenvalue weighted by molar-refractivity contribution is -0.164. The average Bonchev–Trinajstić information content (AvgIpc) is 2.46. The predicted octanol–water partition coefficient (Wildman–Crippen LogP) is 5.21. The van der Waals surface area contributed by atoms with Crippen LogP contribution in [-0.4, -0.2) is 11.1 Å². The molecule has 3 aliphatic rings. The van der Waals surface area contributed by atoms with Crippen LogP contribution in [0.2, 0.25) is 0 Å². The highest BCUT2D eigenvalue weighted by Gasteiger charge is 2.58. The molecule has 0 heterocycles. The molecule has 22 heavy (non-hydrogen) atoms. The minimum Gasteiger partial charge on any atom is -0.481 e. The highest BCUT2D eigenvalue weighted by atomic mass is 16.4. The van der Waals surface area contributed by atoms with Crippen molar-refractivity contribution in [1.29, 1.82) is 0 Å². The molecule has 1 N–H and O–H groups in total. The molecule has 3 aliphatic carbocycles. The van der Waals surface area contributed by atoms with E-state index in [-0.39, 0.29) is 10.8 Å². The van der Waals surface area contributed by atoms with Gasteiger partial charge in [0.05, 0.1) is 5.41 Å². The summed E-state index contributed by atoms with van der Waals surface area (Å²) in [5.74, 6) is 0.322. The van der Waals surface area contributed by atoms with Crippen LogP contribution in [0.5, 0.6) is 0 Å². The second-order valence-electron chi connectivity index (χ2n) is 8.69. The minimum atomic E-state index is -0.581. The molecule has 2 fully saturated rings. The van der Waals surface area contributed by atoms with Crippen LogP contribution in [0.1, 0.15) is 65.7 Å². The molecule has 2 nitrogen and oxygen atoms in total. The molecule has 0 bridgehead atoms. The molecule has 2 saturated carbocycles. The SMILES string of the molecule is C=C[C@@]1(C)C=C2CC[C@@H]3[C@@](C)(CCC[C@@]3(C)C(=O)O)[C@H]2CC1. The standard InChI is InChI=1S/C20H30O2/c1-5-18(2)12-9-15-14(13-18)7-8-16-19(15,3)10-6-11-20(16,4)17(21)22/h5,13,15-16H,1,6-12H2,2-4H3,(H,21,22)/t15-,16+,18+,19-,20+/m0/s1. The van der Waals surface area contributed by atoms with Gasteiger partial charge in [0.15, 0.2) is 0 Å². The summed E-state index contributed by atoms with van der Waals surface area (Å²) < 4.78 is 0. The number of carboxylic acids is 1. The van der Waals surface area contributed by atoms with E-state index in [9.17, 15) is 9.90 Å². The molecule has 0 amide bonds. The van der Waals surface area contributed by atoms with Gasteiger partial charge in [0.25, 0.3) is 0 Å². The van der Waals surface area contributed by atoms with E-state index in [1.165, 1.54) is 12.8 Å². The van der Waals surface area contributed by atoms with Gasteiger partial charge < -0.3 is 5.11 Å². The minimum absolute atomic E-state index is 0.139. The maximum Gasteiger partial charge on any atom is 0.309 e. The number of rotatable bonds is 2. The maximum atomic E-state index is 12.0. The maximum absolute atomic E-state index is 12.0. The quantitative estimate of drug-likeness (QED) is 0.711. The third-order valence-corrected chi connectivity index (χ3v) is 7.38. The van der Waals surface area contributed by atoms with E-state index in [0.717, 1.165) is 32.1 Å². The fourth-order valence-corrected chi connectivity index (χ4v) is 5.94. The van der Waals surface area contributed by atoms with Crippen LogP contribution in [0.3, 0.4) is 0 Å². The van der Waals surface area contributed by atoms with Crippen LogP contribution in [0.4, 0.5) is 0 Å². The zero-order valence-corrected chi connectivity index (χ0v) is 14.3. The van der Waals surface area contributed by atoms with Crippen molar-refractivity contribution >= 4 is 5.97 Å². The monoisotopic (exact) mass is 302 g/mol. The molecule has 0 saturated heterocycles. The molecule has 0 aromatic heterocycles. The number of carbonyl (C=O) groups is 1. The Hall–Kier alpha value is -1.05. The van der Waals surface area contributed by atoms with Crippen LogP contribution in [0.25, 0.3) is 0 Å². The largest absolute Gasteiger partial charge is 0.481 e. The van der Waals surface area contributed by atoms with Crippen molar-refractivity contribution in [3.8, 4) is 0 Å². The third kappa shape index (κ3) is 2.10. The summed E-state index contributed by atoms with van der Waals surface area (Å²) in [6, 6.07) is 0. The molecule has 0 aromatic rings. The van der Waals surface area contributed by atoms with Gasteiger partial charge in [-0.2, -0.15) is 0 Å². The summed E-state index contributed by atoms with van der Waals surface area (Å²) in [5.41, 5.74) is 1.36. The van der Waals surface area contributed by atoms with E-state index >= 15 is 0 Å². The second kappa shape index (κ2) is 4.97. The van der Waals surface area contributed by atoms with E-state index in [2.05, 4.69) is 32.6 Å². The molecular formula is C20H30O2. The van der Waals surface area contributed by atoms with Gasteiger partial charge in [-0.15, -0.1) is 6.58 Å². The topological polar surface area (TPSA) is 37.3 Å². The first kappa shape index (κ1) is 15.8. The lowest BCUT2D eigenvalue weighted by atomic mass is 9.45. The molecule has 0 unspecified atom stereocenters. The molecule has 0 aromatic carbocycles. The second-order valence-corrected chi connectivity index (χ2v) is 8.69. The number of carboxylic acid groups (broad SMARTS) is 1. The van der Waals surface area contributed by atoms with Gasteiger partial charge in [0.2, 0.25) is 0 Å². The van der Waals surface area contributed by atoms with Gasteiger partial charge >= 0.3 is 5.97 Å².